The molecule has 0 aliphatic carbocycles. The minimum Gasteiger partial charge on any atom is -0.314 e. The smallest absolute Gasteiger partial charge is 0.0406 e. The van der Waals surface area contributed by atoms with Crippen molar-refractivity contribution in [2.24, 2.45) is 0 Å². The summed E-state index contributed by atoms with van der Waals surface area (Å²) in [4.78, 5) is 0. The van der Waals surface area contributed by atoms with Crippen molar-refractivity contribution in [2.45, 2.75) is 38.6 Å². The first-order valence-corrected chi connectivity index (χ1v) is 8.17. The van der Waals surface area contributed by atoms with Crippen LogP contribution in [0.25, 0.3) is 0 Å². The highest BCUT2D eigenvalue weighted by Gasteiger charge is 2.08. The average Bonchev–Trinajstić information content (AvgIpc) is 2.51. The monoisotopic (exact) mass is 301 g/mol. The molecule has 0 aliphatic rings. The lowest BCUT2D eigenvalue weighted by Crippen LogP contribution is -2.31. The van der Waals surface area contributed by atoms with Crippen LogP contribution in [0.4, 0.5) is 0 Å². The quantitative estimate of drug-likeness (QED) is 0.732. The molecule has 0 fully saturated rings. The molecule has 1 unspecified atom stereocenters. The second-order valence-corrected chi connectivity index (χ2v) is 5.90. The topological polar surface area (TPSA) is 12.0 Å². The summed E-state index contributed by atoms with van der Waals surface area (Å²) >= 11 is 5.95. The van der Waals surface area contributed by atoms with Crippen LogP contribution in [-0.4, -0.2) is 12.6 Å². The van der Waals surface area contributed by atoms with Gasteiger partial charge in [-0.1, -0.05) is 61.0 Å². The zero-order chi connectivity index (χ0) is 14.9. The lowest BCUT2D eigenvalue weighted by atomic mass is 9.99. The minimum atomic E-state index is 0.542. The SMILES string of the molecule is CCNC(CCCc1ccccc1)Cc1ccc(Cl)cc1. The Morgan fingerprint density at radius 3 is 2.33 bits per heavy atom. The molecule has 0 amide bonds. The van der Waals surface area contributed by atoms with Crippen LogP contribution in [0, 0.1) is 0 Å². The molecule has 21 heavy (non-hydrogen) atoms. The van der Waals surface area contributed by atoms with Crippen molar-refractivity contribution in [3.63, 3.8) is 0 Å². The first-order valence-electron chi connectivity index (χ1n) is 7.79. The van der Waals surface area contributed by atoms with E-state index in [2.05, 4.69) is 54.7 Å². The maximum Gasteiger partial charge on any atom is 0.0406 e. The zero-order valence-electron chi connectivity index (χ0n) is 12.7. The molecule has 1 atom stereocenters. The van der Waals surface area contributed by atoms with E-state index in [1.165, 1.54) is 24.0 Å². The Balaban J connectivity index is 1.82. The van der Waals surface area contributed by atoms with Crippen molar-refractivity contribution in [1.29, 1.82) is 0 Å². The number of halogens is 1. The van der Waals surface area contributed by atoms with E-state index in [-0.39, 0.29) is 0 Å². The van der Waals surface area contributed by atoms with Crippen LogP contribution in [0.1, 0.15) is 30.9 Å². The molecule has 0 aromatic heterocycles. The minimum absolute atomic E-state index is 0.542. The lowest BCUT2D eigenvalue weighted by molar-refractivity contribution is 0.476. The van der Waals surface area contributed by atoms with E-state index in [1.807, 2.05) is 12.1 Å². The van der Waals surface area contributed by atoms with E-state index in [4.69, 9.17) is 11.6 Å². The standard InChI is InChI=1S/C19H24ClN/c1-2-21-19(15-17-11-13-18(20)14-12-17)10-6-9-16-7-4-3-5-8-16/h3-5,7-8,11-14,19,21H,2,6,9-10,15H2,1H3. The highest BCUT2D eigenvalue weighted by molar-refractivity contribution is 6.30. The number of likely N-dealkylation sites (N-methyl/N-ethyl adjacent to an activating group) is 1. The Hall–Kier alpha value is -1.31. The van der Waals surface area contributed by atoms with Gasteiger partial charge in [0.25, 0.3) is 0 Å². The molecule has 0 radical (unpaired) electrons. The van der Waals surface area contributed by atoms with Crippen LogP contribution in [0.3, 0.4) is 0 Å². The van der Waals surface area contributed by atoms with Crippen molar-refractivity contribution >= 4 is 11.6 Å². The van der Waals surface area contributed by atoms with Crippen molar-refractivity contribution in [3.8, 4) is 0 Å². The fourth-order valence-electron chi connectivity index (χ4n) is 2.67. The van der Waals surface area contributed by atoms with E-state index >= 15 is 0 Å². The van der Waals surface area contributed by atoms with Gasteiger partial charge >= 0.3 is 0 Å². The van der Waals surface area contributed by atoms with Gasteiger partial charge in [0.2, 0.25) is 0 Å². The second kappa shape index (κ2) is 8.86. The number of hydrogen-bond donors (Lipinski definition) is 1. The maximum atomic E-state index is 5.95. The Morgan fingerprint density at radius 2 is 1.67 bits per heavy atom. The molecular formula is C19H24ClN. The van der Waals surface area contributed by atoms with Gasteiger partial charge in [-0.2, -0.15) is 0 Å². The summed E-state index contributed by atoms with van der Waals surface area (Å²) in [7, 11) is 0. The average molecular weight is 302 g/mol. The number of hydrogen-bond acceptors (Lipinski definition) is 1. The zero-order valence-corrected chi connectivity index (χ0v) is 13.4. The largest absolute Gasteiger partial charge is 0.314 e. The van der Waals surface area contributed by atoms with Crippen LogP contribution in [0.5, 0.6) is 0 Å². The molecule has 0 saturated carbocycles. The summed E-state index contributed by atoms with van der Waals surface area (Å²) in [6.45, 7) is 3.19. The van der Waals surface area contributed by atoms with E-state index < -0.39 is 0 Å². The van der Waals surface area contributed by atoms with Crippen LogP contribution in [0.15, 0.2) is 54.6 Å². The van der Waals surface area contributed by atoms with Gasteiger partial charge in [-0.3, -0.25) is 0 Å². The molecule has 0 bridgehead atoms. The van der Waals surface area contributed by atoms with E-state index in [0.29, 0.717) is 6.04 Å². The van der Waals surface area contributed by atoms with Gasteiger partial charge in [-0.15, -0.1) is 0 Å². The van der Waals surface area contributed by atoms with E-state index in [1.54, 1.807) is 0 Å². The van der Waals surface area contributed by atoms with Gasteiger partial charge in [-0.05, 0) is 55.5 Å². The molecule has 1 N–H and O–H groups in total. The predicted octanol–water partition coefficient (Wildman–Crippen LogP) is 4.88. The van der Waals surface area contributed by atoms with Crippen LogP contribution in [-0.2, 0) is 12.8 Å². The summed E-state index contributed by atoms with van der Waals surface area (Å²) in [5.74, 6) is 0. The molecule has 0 aliphatic heterocycles. The molecule has 1 nitrogen and oxygen atoms in total. The highest BCUT2D eigenvalue weighted by Crippen LogP contribution is 2.14. The van der Waals surface area contributed by atoms with Gasteiger partial charge in [0.15, 0.2) is 0 Å². The van der Waals surface area contributed by atoms with Crippen LogP contribution >= 0.6 is 11.6 Å². The van der Waals surface area contributed by atoms with Gasteiger partial charge < -0.3 is 5.32 Å². The van der Waals surface area contributed by atoms with Crippen LogP contribution < -0.4 is 5.32 Å². The summed E-state index contributed by atoms with van der Waals surface area (Å²) in [6.07, 6.45) is 4.64. The summed E-state index contributed by atoms with van der Waals surface area (Å²) in [6, 6.07) is 19.5. The summed E-state index contributed by atoms with van der Waals surface area (Å²) in [5.41, 5.74) is 2.78. The lowest BCUT2D eigenvalue weighted by Gasteiger charge is -2.18. The molecule has 0 heterocycles. The molecule has 2 rings (SSSR count). The van der Waals surface area contributed by atoms with Gasteiger partial charge in [0.1, 0.15) is 0 Å². The maximum absolute atomic E-state index is 5.95. The normalized spacial score (nSPS) is 12.3. The van der Waals surface area contributed by atoms with Crippen LogP contribution in [0.2, 0.25) is 5.02 Å². The molecule has 112 valence electrons. The second-order valence-electron chi connectivity index (χ2n) is 5.46. The number of nitrogens with one attached hydrogen (secondary N) is 1. The van der Waals surface area contributed by atoms with E-state index in [0.717, 1.165) is 24.4 Å². The van der Waals surface area contributed by atoms with Crippen molar-refractivity contribution < 1.29 is 0 Å². The van der Waals surface area contributed by atoms with E-state index in [9.17, 15) is 0 Å². The number of rotatable bonds is 8. The fraction of sp³-hybridized carbons (Fsp3) is 0.368. The predicted molar refractivity (Wildman–Crippen MR) is 92.0 cm³/mol. The van der Waals surface area contributed by atoms with Gasteiger partial charge in [0, 0.05) is 11.1 Å². The van der Waals surface area contributed by atoms with Crippen molar-refractivity contribution in [2.75, 3.05) is 6.54 Å². The van der Waals surface area contributed by atoms with Crippen molar-refractivity contribution in [1.82, 2.24) is 5.32 Å². The molecule has 0 spiro atoms. The molecular weight excluding hydrogens is 278 g/mol. The summed E-state index contributed by atoms with van der Waals surface area (Å²) in [5, 5.41) is 4.41. The third-order valence-corrected chi connectivity index (χ3v) is 4.00. The first-order chi connectivity index (χ1) is 10.3. The van der Waals surface area contributed by atoms with Crippen molar-refractivity contribution in [3.05, 3.63) is 70.7 Å². The third kappa shape index (κ3) is 5.91. The molecule has 2 heteroatoms. The molecule has 0 saturated heterocycles. The van der Waals surface area contributed by atoms with Gasteiger partial charge in [0.05, 0.1) is 0 Å². The number of benzene rings is 2. The van der Waals surface area contributed by atoms with Gasteiger partial charge in [-0.25, -0.2) is 0 Å². The summed E-state index contributed by atoms with van der Waals surface area (Å²) < 4.78 is 0. The Morgan fingerprint density at radius 1 is 0.952 bits per heavy atom. The molecule has 2 aromatic carbocycles. The highest BCUT2D eigenvalue weighted by atomic mass is 35.5. The fourth-order valence-corrected chi connectivity index (χ4v) is 2.79. The first kappa shape index (κ1) is 16.1. The Labute approximate surface area is 133 Å². The third-order valence-electron chi connectivity index (χ3n) is 3.75. The Bertz CT molecular complexity index is 507. The molecule has 2 aromatic rings. The number of aryl methyl sites for hydroxylation is 1. The Kier molecular flexibility index (Phi) is 6.78.